The van der Waals surface area contributed by atoms with E-state index in [1.165, 1.54) is 0 Å². The summed E-state index contributed by atoms with van der Waals surface area (Å²) < 4.78 is 12.5. The smallest absolute Gasteiger partial charge is 0.264 e. The molecular weight excluding hydrogens is 713 g/mol. The molecule has 1 aromatic heterocycles. The first-order valence-electron chi connectivity index (χ1n) is 18.7. The topological polar surface area (TPSA) is 144 Å². The highest BCUT2D eigenvalue weighted by Crippen LogP contribution is 2.60. The van der Waals surface area contributed by atoms with Crippen molar-refractivity contribution in [2.45, 2.75) is 63.2 Å². The SMILES string of the molecule is COc1ccc2c(c1)[C@@]1(O[C@H](CC(=O)N(CCO)Cc3ccccc3)[C@@H]([Si](C)(C)O)[C@@H]1C)C(=O)N2Cc1ccc(NC(=O)Cc2c[nH]c3ccccc23)cc1. The largest absolute Gasteiger partial charge is 0.497 e. The molecule has 3 heterocycles. The number of aromatic nitrogens is 1. The summed E-state index contributed by atoms with van der Waals surface area (Å²) in [5.74, 6) is -0.548. The average Bonchev–Trinajstić information content (AvgIpc) is 3.78. The lowest BCUT2D eigenvalue weighted by Gasteiger charge is -2.32. The Morgan fingerprint density at radius 1 is 1.00 bits per heavy atom. The molecule has 0 unspecified atom stereocenters. The number of benzene rings is 4. The maximum absolute atomic E-state index is 14.9. The van der Waals surface area contributed by atoms with Gasteiger partial charge in [0.1, 0.15) is 5.75 Å². The van der Waals surface area contributed by atoms with E-state index >= 15 is 0 Å². The normalized spacial score (nSPS) is 20.6. The van der Waals surface area contributed by atoms with Crippen LogP contribution in [0.2, 0.25) is 18.6 Å². The van der Waals surface area contributed by atoms with Crippen molar-refractivity contribution in [3.8, 4) is 5.75 Å². The molecule has 4 atom stereocenters. The number of carbonyl (C=O) groups excluding carboxylic acids is 3. The number of anilines is 2. The Hall–Kier alpha value is -5.27. The van der Waals surface area contributed by atoms with Crippen LogP contribution in [0.5, 0.6) is 5.75 Å². The van der Waals surface area contributed by atoms with Crippen LogP contribution >= 0.6 is 0 Å². The van der Waals surface area contributed by atoms with Crippen molar-refractivity contribution in [2.24, 2.45) is 5.92 Å². The minimum atomic E-state index is -3.04. The van der Waals surface area contributed by atoms with Gasteiger partial charge in [0.25, 0.3) is 5.91 Å². The van der Waals surface area contributed by atoms with Crippen LogP contribution in [-0.2, 0) is 44.2 Å². The second-order valence-corrected chi connectivity index (χ2v) is 19.1. The summed E-state index contributed by atoms with van der Waals surface area (Å²) in [4.78, 5) is 60.2. The van der Waals surface area contributed by atoms with Crippen LogP contribution in [0.15, 0.2) is 103 Å². The molecule has 5 aromatic rings. The highest BCUT2D eigenvalue weighted by atomic mass is 28.4. The molecule has 2 aliphatic heterocycles. The Morgan fingerprint density at radius 2 is 1.73 bits per heavy atom. The molecule has 0 bridgehead atoms. The first kappa shape index (κ1) is 38.0. The molecule has 55 heavy (non-hydrogen) atoms. The quantitative estimate of drug-likeness (QED) is 0.106. The molecule has 2 aliphatic rings. The van der Waals surface area contributed by atoms with Crippen molar-refractivity contribution in [3.05, 3.63) is 126 Å². The molecule has 0 aliphatic carbocycles. The number of hydrogen-bond donors (Lipinski definition) is 4. The number of nitrogens with one attached hydrogen (secondary N) is 2. The Bertz CT molecular complexity index is 2180. The standard InChI is InChI=1S/C43H48N4O7Si/c1-28-41(55(3,4)52)38(24-40(50)46(20-21-48)26-29-10-6-5-7-11-29)54-43(28)35-23-33(53-2)18-19-37(35)47(42(43)51)27-30-14-16-32(17-15-30)45-39(49)22-31-25-44-36-13-9-8-12-34(31)36/h5-19,23,25,28,38,41,44,48,52H,20-22,24,26-27H2,1-4H3,(H,45,49)/t28-,38+,41-,43+/m0/s1. The van der Waals surface area contributed by atoms with E-state index in [9.17, 15) is 24.3 Å². The van der Waals surface area contributed by atoms with E-state index in [0.29, 0.717) is 29.2 Å². The van der Waals surface area contributed by atoms with Gasteiger partial charge in [-0.05, 0) is 66.2 Å². The molecule has 12 heteroatoms. The number of hydrogen-bond acceptors (Lipinski definition) is 7. The van der Waals surface area contributed by atoms with E-state index in [4.69, 9.17) is 9.47 Å². The van der Waals surface area contributed by atoms with Gasteiger partial charge in [-0.3, -0.25) is 14.4 Å². The lowest BCUT2D eigenvalue weighted by atomic mass is 9.82. The zero-order valence-electron chi connectivity index (χ0n) is 31.6. The fourth-order valence-corrected chi connectivity index (χ4v) is 11.1. The van der Waals surface area contributed by atoms with Gasteiger partial charge in [0.2, 0.25) is 11.8 Å². The number of H-pyrrole nitrogens is 1. The number of rotatable bonds is 13. The highest BCUT2D eigenvalue weighted by molar-refractivity contribution is 6.71. The predicted octanol–water partition coefficient (Wildman–Crippen LogP) is 6.11. The van der Waals surface area contributed by atoms with E-state index in [2.05, 4.69) is 10.3 Å². The molecule has 11 nitrogen and oxygen atoms in total. The van der Waals surface area contributed by atoms with Crippen molar-refractivity contribution in [1.29, 1.82) is 0 Å². The van der Waals surface area contributed by atoms with Crippen LogP contribution in [0, 0.1) is 5.92 Å². The summed E-state index contributed by atoms with van der Waals surface area (Å²) in [5, 5.41) is 13.9. The van der Waals surface area contributed by atoms with Crippen molar-refractivity contribution in [3.63, 3.8) is 0 Å². The van der Waals surface area contributed by atoms with Crippen LogP contribution in [0.4, 0.5) is 11.4 Å². The van der Waals surface area contributed by atoms with Gasteiger partial charge >= 0.3 is 0 Å². The Labute approximate surface area is 322 Å². The Kier molecular flexibility index (Phi) is 10.7. The first-order chi connectivity index (χ1) is 26.4. The van der Waals surface area contributed by atoms with Gasteiger partial charge in [-0.25, -0.2) is 0 Å². The molecule has 3 amide bonds. The number of nitrogens with zero attached hydrogens (tertiary/aromatic N) is 2. The van der Waals surface area contributed by atoms with Gasteiger partial charge in [-0.15, -0.1) is 0 Å². The zero-order chi connectivity index (χ0) is 38.9. The molecule has 7 rings (SSSR count). The summed E-state index contributed by atoms with van der Waals surface area (Å²) >= 11 is 0. The van der Waals surface area contributed by atoms with Gasteiger partial charge in [0, 0.05) is 52.9 Å². The number of aliphatic hydroxyl groups is 1. The second kappa shape index (κ2) is 15.5. The van der Waals surface area contributed by atoms with Crippen LogP contribution < -0.4 is 15.0 Å². The lowest BCUT2D eigenvalue weighted by molar-refractivity contribution is -0.150. The van der Waals surface area contributed by atoms with E-state index in [1.54, 1.807) is 16.9 Å². The van der Waals surface area contributed by atoms with Gasteiger partial charge in [-0.1, -0.05) is 67.6 Å². The third kappa shape index (κ3) is 7.42. The van der Waals surface area contributed by atoms with E-state index in [0.717, 1.165) is 27.6 Å². The number of ether oxygens (including phenoxy) is 2. The summed E-state index contributed by atoms with van der Waals surface area (Å²) in [6.07, 6.45) is 1.28. The number of aromatic amines is 1. The summed E-state index contributed by atoms with van der Waals surface area (Å²) in [5.41, 5.74) is 3.69. The molecule has 4 N–H and O–H groups in total. The second-order valence-electron chi connectivity index (χ2n) is 15.1. The number of para-hydroxylation sites is 1. The zero-order valence-corrected chi connectivity index (χ0v) is 32.6. The molecule has 1 fully saturated rings. The number of aliphatic hydroxyl groups excluding tert-OH is 1. The minimum absolute atomic E-state index is 0.0549. The van der Waals surface area contributed by atoms with E-state index in [-0.39, 0.29) is 50.3 Å². The third-order valence-electron chi connectivity index (χ3n) is 11.1. The number of fused-ring (bicyclic) bond motifs is 3. The maximum atomic E-state index is 14.9. The molecule has 1 spiro atoms. The average molecular weight is 761 g/mol. The minimum Gasteiger partial charge on any atom is -0.497 e. The molecule has 0 saturated carbocycles. The van der Waals surface area contributed by atoms with Gasteiger partial charge in [0.05, 0.1) is 44.9 Å². The monoisotopic (exact) mass is 760 g/mol. The van der Waals surface area contributed by atoms with Gasteiger partial charge < -0.3 is 39.5 Å². The number of carbonyl (C=O) groups is 3. The third-order valence-corrected chi connectivity index (χ3v) is 13.6. The molecule has 4 aromatic carbocycles. The lowest BCUT2D eigenvalue weighted by Crippen LogP contribution is -2.46. The van der Waals surface area contributed by atoms with Crippen molar-refractivity contribution in [1.82, 2.24) is 9.88 Å². The van der Waals surface area contributed by atoms with E-state index < -0.39 is 31.5 Å². The predicted molar refractivity (Wildman–Crippen MR) is 214 cm³/mol. The van der Waals surface area contributed by atoms with Crippen molar-refractivity contribution in [2.75, 3.05) is 30.5 Å². The number of amides is 3. The Balaban J connectivity index is 1.13. The summed E-state index contributed by atoms with van der Waals surface area (Å²) in [6.45, 7) is 6.08. The fraction of sp³-hybridized carbons (Fsp3) is 0.326. The molecule has 0 radical (unpaired) electrons. The molecule has 286 valence electrons. The molecular formula is C43H48N4O7Si. The maximum Gasteiger partial charge on any atom is 0.264 e. The summed E-state index contributed by atoms with van der Waals surface area (Å²) in [7, 11) is -1.48. The highest BCUT2D eigenvalue weighted by Gasteiger charge is 2.66. The van der Waals surface area contributed by atoms with Crippen LogP contribution in [0.25, 0.3) is 10.9 Å². The van der Waals surface area contributed by atoms with Crippen molar-refractivity contribution >= 4 is 48.3 Å². The first-order valence-corrected chi connectivity index (χ1v) is 21.7. The van der Waals surface area contributed by atoms with Gasteiger partial charge in [-0.2, -0.15) is 0 Å². The van der Waals surface area contributed by atoms with E-state index in [1.807, 2.05) is 123 Å². The van der Waals surface area contributed by atoms with Gasteiger partial charge in [0.15, 0.2) is 13.9 Å². The van der Waals surface area contributed by atoms with Crippen LogP contribution in [0.1, 0.15) is 35.6 Å². The van der Waals surface area contributed by atoms with Crippen molar-refractivity contribution < 1.29 is 33.8 Å². The van der Waals surface area contributed by atoms with Crippen LogP contribution in [-0.4, -0.2) is 72.2 Å². The Morgan fingerprint density at radius 3 is 2.44 bits per heavy atom. The number of methoxy groups -OCH3 is 1. The fourth-order valence-electron chi connectivity index (χ4n) is 8.59. The van der Waals surface area contributed by atoms with Crippen LogP contribution in [0.3, 0.4) is 0 Å². The molecule has 1 saturated heterocycles. The summed E-state index contributed by atoms with van der Waals surface area (Å²) in [6, 6.07) is 30.4.